The van der Waals surface area contributed by atoms with Gasteiger partial charge in [-0.15, -0.1) is 0 Å². The van der Waals surface area contributed by atoms with E-state index in [0.717, 1.165) is 5.56 Å². The molecule has 0 aliphatic rings. The Morgan fingerprint density at radius 1 is 1.15 bits per heavy atom. The van der Waals surface area contributed by atoms with Gasteiger partial charge in [0.1, 0.15) is 0 Å². The molecule has 1 aromatic carbocycles. The molecule has 0 saturated carbocycles. The molecule has 2 heterocycles. The van der Waals surface area contributed by atoms with E-state index in [2.05, 4.69) is 19.9 Å². The van der Waals surface area contributed by atoms with Crippen LogP contribution < -0.4 is 4.72 Å². The van der Waals surface area contributed by atoms with Gasteiger partial charge < -0.3 is 4.42 Å². The molecule has 0 amide bonds. The average molecular weight is 290 g/mol. The van der Waals surface area contributed by atoms with Gasteiger partial charge in [0.05, 0.1) is 12.4 Å². The Hall–Kier alpha value is -2.61. The van der Waals surface area contributed by atoms with Crippen molar-refractivity contribution in [2.75, 3.05) is 4.72 Å². The molecule has 2 N–H and O–H groups in total. The van der Waals surface area contributed by atoms with Crippen molar-refractivity contribution >= 4 is 15.7 Å². The number of benzene rings is 1. The molecule has 3 aromatic rings. The molecule has 0 spiro atoms. The summed E-state index contributed by atoms with van der Waals surface area (Å²) in [6.45, 7) is 0. The number of H-pyrrole nitrogens is 1. The van der Waals surface area contributed by atoms with Crippen LogP contribution in [0.25, 0.3) is 11.3 Å². The van der Waals surface area contributed by atoms with E-state index in [4.69, 9.17) is 4.42 Å². The van der Waals surface area contributed by atoms with E-state index in [1.807, 2.05) is 0 Å². The highest BCUT2D eigenvalue weighted by Crippen LogP contribution is 2.22. The molecule has 0 fully saturated rings. The third kappa shape index (κ3) is 2.41. The average Bonchev–Trinajstić information content (AvgIpc) is 3.13. The van der Waals surface area contributed by atoms with Gasteiger partial charge in [-0.2, -0.15) is 13.5 Å². The summed E-state index contributed by atoms with van der Waals surface area (Å²) in [6.07, 6.45) is 4.30. The first kappa shape index (κ1) is 12.4. The maximum absolute atomic E-state index is 12.0. The Kier molecular flexibility index (Phi) is 2.99. The van der Waals surface area contributed by atoms with Crippen LogP contribution in [0.15, 0.2) is 58.6 Å². The minimum absolute atomic E-state index is 0.0109. The van der Waals surface area contributed by atoms with Crippen LogP contribution >= 0.6 is 0 Å². The van der Waals surface area contributed by atoms with Gasteiger partial charge in [0, 0.05) is 11.3 Å². The fourth-order valence-electron chi connectivity index (χ4n) is 1.66. The molecule has 7 nitrogen and oxygen atoms in total. The van der Waals surface area contributed by atoms with Crippen molar-refractivity contribution in [1.29, 1.82) is 0 Å². The van der Waals surface area contributed by atoms with Gasteiger partial charge in [0.25, 0.3) is 10.0 Å². The smallest absolute Gasteiger partial charge is 0.278 e. The predicted molar refractivity (Wildman–Crippen MR) is 71.3 cm³/mol. The van der Waals surface area contributed by atoms with Crippen LogP contribution in [-0.4, -0.2) is 23.6 Å². The lowest BCUT2D eigenvalue weighted by Crippen LogP contribution is -2.13. The molecular weight excluding hydrogens is 280 g/mol. The highest BCUT2D eigenvalue weighted by atomic mass is 32.2. The van der Waals surface area contributed by atoms with E-state index < -0.39 is 10.0 Å². The van der Waals surface area contributed by atoms with Crippen LogP contribution in [-0.2, 0) is 10.0 Å². The summed E-state index contributed by atoms with van der Waals surface area (Å²) in [5.74, 6) is 0.618. The third-order valence-electron chi connectivity index (χ3n) is 2.62. The number of hydrogen-bond acceptors (Lipinski definition) is 5. The SMILES string of the molecule is O=S(=O)(Nc1ccc(-c2cnco2)cc1)c1ccn[nH]1. The Bertz CT molecular complexity index is 778. The quantitative estimate of drug-likeness (QED) is 0.763. The molecule has 20 heavy (non-hydrogen) atoms. The van der Waals surface area contributed by atoms with Crippen molar-refractivity contribution in [2.24, 2.45) is 0 Å². The minimum Gasteiger partial charge on any atom is -0.444 e. The zero-order valence-corrected chi connectivity index (χ0v) is 11.0. The van der Waals surface area contributed by atoms with Crippen LogP contribution in [0.1, 0.15) is 0 Å². The van der Waals surface area contributed by atoms with E-state index in [9.17, 15) is 8.42 Å². The standard InChI is InChI=1S/C12H10N4O3S/c17-20(18,12-5-6-14-15-12)16-10-3-1-9(2-4-10)11-7-13-8-19-11/h1-8,16H,(H,14,15). The number of aromatic amines is 1. The molecule has 0 atom stereocenters. The van der Waals surface area contributed by atoms with E-state index >= 15 is 0 Å². The number of anilines is 1. The fourth-order valence-corrected chi connectivity index (χ4v) is 2.63. The van der Waals surface area contributed by atoms with Gasteiger partial charge in [-0.05, 0) is 30.3 Å². The molecule has 8 heteroatoms. The van der Waals surface area contributed by atoms with Gasteiger partial charge >= 0.3 is 0 Å². The normalized spacial score (nSPS) is 11.4. The van der Waals surface area contributed by atoms with Crippen LogP contribution in [0.2, 0.25) is 0 Å². The monoisotopic (exact) mass is 290 g/mol. The summed E-state index contributed by atoms with van der Waals surface area (Å²) < 4.78 is 31.5. The second-order valence-corrected chi connectivity index (χ2v) is 5.62. The molecule has 3 rings (SSSR count). The largest absolute Gasteiger partial charge is 0.444 e. The molecule has 0 unspecified atom stereocenters. The summed E-state index contributed by atoms with van der Waals surface area (Å²) in [6, 6.07) is 8.15. The first-order valence-electron chi connectivity index (χ1n) is 5.66. The zero-order chi connectivity index (χ0) is 14.0. The maximum Gasteiger partial charge on any atom is 0.278 e. The number of sulfonamides is 1. The molecule has 102 valence electrons. The summed E-state index contributed by atoms with van der Waals surface area (Å²) in [5.41, 5.74) is 1.26. The van der Waals surface area contributed by atoms with E-state index in [0.29, 0.717) is 11.4 Å². The van der Waals surface area contributed by atoms with Crippen LogP contribution in [0.4, 0.5) is 5.69 Å². The highest BCUT2D eigenvalue weighted by molar-refractivity contribution is 7.92. The molecule has 0 bridgehead atoms. The number of hydrogen-bond donors (Lipinski definition) is 2. The van der Waals surface area contributed by atoms with Gasteiger partial charge in [-0.3, -0.25) is 9.82 Å². The topological polar surface area (TPSA) is 101 Å². The molecular formula is C12H10N4O3S. The lowest BCUT2D eigenvalue weighted by molar-refractivity contribution is 0.572. The fraction of sp³-hybridized carbons (Fsp3) is 0. The number of nitrogens with zero attached hydrogens (tertiary/aromatic N) is 2. The number of nitrogens with one attached hydrogen (secondary N) is 2. The van der Waals surface area contributed by atoms with Gasteiger partial charge in [0.15, 0.2) is 17.2 Å². The molecule has 0 aliphatic carbocycles. The van der Waals surface area contributed by atoms with Crippen molar-refractivity contribution in [1.82, 2.24) is 15.2 Å². The Balaban J connectivity index is 1.83. The van der Waals surface area contributed by atoms with Crippen molar-refractivity contribution < 1.29 is 12.8 Å². The number of aromatic nitrogens is 3. The molecule has 0 radical (unpaired) electrons. The Morgan fingerprint density at radius 2 is 1.95 bits per heavy atom. The Labute approximate surface area is 114 Å². The number of oxazole rings is 1. The molecule has 0 saturated heterocycles. The molecule has 2 aromatic heterocycles. The number of rotatable bonds is 4. The summed E-state index contributed by atoms with van der Waals surface area (Å²) in [5, 5.41) is 6.03. The minimum atomic E-state index is -3.64. The predicted octanol–water partition coefficient (Wildman–Crippen LogP) is 1.87. The van der Waals surface area contributed by atoms with Crippen molar-refractivity contribution in [3.8, 4) is 11.3 Å². The second-order valence-electron chi connectivity index (χ2n) is 3.97. The lowest BCUT2D eigenvalue weighted by atomic mass is 10.2. The van der Waals surface area contributed by atoms with E-state index in [1.54, 1.807) is 30.5 Å². The van der Waals surface area contributed by atoms with Gasteiger partial charge in [0.2, 0.25) is 0 Å². The van der Waals surface area contributed by atoms with Crippen molar-refractivity contribution in [3.63, 3.8) is 0 Å². The van der Waals surface area contributed by atoms with Gasteiger partial charge in [-0.25, -0.2) is 4.98 Å². The van der Waals surface area contributed by atoms with Crippen molar-refractivity contribution in [3.05, 3.63) is 49.1 Å². The zero-order valence-electron chi connectivity index (χ0n) is 10.1. The van der Waals surface area contributed by atoms with Crippen molar-refractivity contribution in [2.45, 2.75) is 5.03 Å². The Morgan fingerprint density at radius 3 is 2.55 bits per heavy atom. The maximum atomic E-state index is 12.0. The van der Waals surface area contributed by atoms with Gasteiger partial charge in [-0.1, -0.05) is 0 Å². The highest BCUT2D eigenvalue weighted by Gasteiger charge is 2.15. The van der Waals surface area contributed by atoms with Crippen LogP contribution in [0.5, 0.6) is 0 Å². The summed E-state index contributed by atoms with van der Waals surface area (Å²) in [7, 11) is -3.64. The lowest BCUT2D eigenvalue weighted by Gasteiger charge is -2.06. The second kappa shape index (κ2) is 4.82. The first-order valence-corrected chi connectivity index (χ1v) is 7.14. The summed E-state index contributed by atoms with van der Waals surface area (Å²) in [4.78, 5) is 3.82. The molecule has 0 aliphatic heterocycles. The van der Waals surface area contributed by atoms with Crippen LogP contribution in [0, 0.1) is 0 Å². The van der Waals surface area contributed by atoms with Crippen LogP contribution in [0.3, 0.4) is 0 Å². The summed E-state index contributed by atoms with van der Waals surface area (Å²) >= 11 is 0. The van der Waals surface area contributed by atoms with E-state index in [-0.39, 0.29) is 5.03 Å². The first-order chi connectivity index (χ1) is 9.65. The van der Waals surface area contributed by atoms with E-state index in [1.165, 1.54) is 18.7 Å². The third-order valence-corrected chi connectivity index (χ3v) is 3.93.